The highest BCUT2D eigenvalue weighted by molar-refractivity contribution is 5.81. The van der Waals surface area contributed by atoms with Gasteiger partial charge in [-0.1, -0.05) is 19.1 Å². The number of hydrogen-bond donors (Lipinski definition) is 0. The number of ether oxygens (including phenoxy) is 2. The number of carbonyl (C=O) groups excluding carboxylic acids is 1. The van der Waals surface area contributed by atoms with Crippen LogP contribution in [0, 0.1) is 18.7 Å². The Morgan fingerprint density at radius 3 is 2.66 bits per heavy atom. The third kappa shape index (κ3) is 5.40. The molecule has 1 amide bonds. The van der Waals surface area contributed by atoms with Gasteiger partial charge in [-0.15, -0.1) is 0 Å². The van der Waals surface area contributed by atoms with E-state index in [2.05, 4.69) is 0 Å². The molecule has 0 N–H and O–H groups in total. The molecule has 6 nitrogen and oxygen atoms in total. The summed E-state index contributed by atoms with van der Waals surface area (Å²) < 4.78 is 27.7. The van der Waals surface area contributed by atoms with Gasteiger partial charge < -0.3 is 14.4 Å². The number of nitrogens with zero attached hydrogens (tertiary/aromatic N) is 3. The number of hydrogen-bond acceptors (Lipinski definition) is 4. The first-order chi connectivity index (χ1) is 17.0. The van der Waals surface area contributed by atoms with Gasteiger partial charge in [-0.2, -0.15) is 5.10 Å². The highest BCUT2D eigenvalue weighted by Gasteiger charge is 2.36. The third-order valence-electron chi connectivity index (χ3n) is 6.66. The predicted molar refractivity (Wildman–Crippen MR) is 131 cm³/mol. The quantitative estimate of drug-likeness (QED) is 0.403. The first kappa shape index (κ1) is 23.5. The van der Waals surface area contributed by atoms with Crippen LogP contribution in [-0.2, 0) is 22.5 Å². The fourth-order valence-corrected chi connectivity index (χ4v) is 4.62. The van der Waals surface area contributed by atoms with Crippen LogP contribution in [0.4, 0.5) is 4.39 Å². The van der Waals surface area contributed by atoms with Crippen LogP contribution in [0.15, 0.2) is 48.5 Å². The largest absolute Gasteiger partial charge is 0.439 e. The number of aromatic nitrogens is 2. The summed E-state index contributed by atoms with van der Waals surface area (Å²) in [5, 5.41) is 4.85. The van der Waals surface area contributed by atoms with Crippen LogP contribution in [0.25, 0.3) is 5.69 Å². The number of carbonyl (C=O) groups is 1. The minimum absolute atomic E-state index is 0.0658. The molecule has 7 heteroatoms. The summed E-state index contributed by atoms with van der Waals surface area (Å²) in [4.78, 5) is 15.2. The molecule has 2 aromatic carbocycles. The fourth-order valence-electron chi connectivity index (χ4n) is 4.62. The average molecular weight is 478 g/mol. The van der Waals surface area contributed by atoms with Crippen LogP contribution < -0.4 is 4.74 Å². The normalized spacial score (nSPS) is 17.5. The molecule has 2 aliphatic rings. The summed E-state index contributed by atoms with van der Waals surface area (Å²) in [7, 11) is 0. The number of aryl methyl sites for hydroxylation is 2. The Hall–Kier alpha value is -3.19. The van der Waals surface area contributed by atoms with Crippen molar-refractivity contribution in [1.82, 2.24) is 14.7 Å². The van der Waals surface area contributed by atoms with E-state index in [0.717, 1.165) is 49.1 Å². The summed E-state index contributed by atoms with van der Waals surface area (Å²) in [6.45, 7) is 5.79. The van der Waals surface area contributed by atoms with E-state index in [1.165, 1.54) is 12.1 Å². The van der Waals surface area contributed by atoms with Crippen molar-refractivity contribution >= 4 is 5.91 Å². The zero-order chi connectivity index (χ0) is 24.4. The van der Waals surface area contributed by atoms with E-state index in [-0.39, 0.29) is 23.7 Å². The van der Waals surface area contributed by atoms with E-state index in [1.807, 2.05) is 43.0 Å². The van der Waals surface area contributed by atoms with Crippen LogP contribution in [0.3, 0.4) is 0 Å². The molecule has 5 rings (SSSR count). The molecule has 0 unspecified atom stereocenters. The number of rotatable bonds is 9. The molecule has 1 aliphatic carbocycles. The van der Waals surface area contributed by atoms with Crippen LogP contribution in [0.1, 0.15) is 49.4 Å². The molecule has 1 aliphatic heterocycles. The maximum Gasteiger partial charge on any atom is 0.227 e. The van der Waals surface area contributed by atoms with Crippen LogP contribution in [0.5, 0.6) is 11.6 Å². The van der Waals surface area contributed by atoms with Gasteiger partial charge in [0.25, 0.3) is 0 Å². The van der Waals surface area contributed by atoms with Crippen molar-refractivity contribution in [1.29, 1.82) is 0 Å². The van der Waals surface area contributed by atoms with Crippen molar-refractivity contribution in [2.75, 3.05) is 13.2 Å². The summed E-state index contributed by atoms with van der Waals surface area (Å²) in [5.41, 5.74) is 3.52. The molecular weight excluding hydrogens is 445 g/mol. The second kappa shape index (κ2) is 10.2. The van der Waals surface area contributed by atoms with Gasteiger partial charge in [0.1, 0.15) is 11.6 Å². The maximum absolute atomic E-state index is 13.7. The first-order valence-electron chi connectivity index (χ1n) is 12.5. The molecular formula is C28H32FN3O3. The van der Waals surface area contributed by atoms with Crippen molar-refractivity contribution in [3.8, 4) is 17.3 Å². The molecule has 1 aromatic heterocycles. The lowest BCUT2D eigenvalue weighted by Gasteiger charge is -2.26. The molecule has 184 valence electrons. The van der Waals surface area contributed by atoms with Gasteiger partial charge in [0.15, 0.2) is 0 Å². The SMILES string of the molecule is CCc1nn(-c2ccc(F)cc2)c(Oc2cccc(C)c2)c1CN(C[C@@H]1CCCO1)C(=O)C1CC1. The fraction of sp³-hybridized carbons (Fsp3) is 0.429. The van der Waals surface area contributed by atoms with Gasteiger partial charge in [-0.3, -0.25) is 4.79 Å². The Bertz CT molecular complexity index is 1180. The molecule has 1 saturated heterocycles. The Kier molecular flexibility index (Phi) is 6.86. The number of benzene rings is 2. The smallest absolute Gasteiger partial charge is 0.227 e. The van der Waals surface area contributed by atoms with Gasteiger partial charge >= 0.3 is 0 Å². The summed E-state index contributed by atoms with van der Waals surface area (Å²) in [6, 6.07) is 14.0. The van der Waals surface area contributed by atoms with Crippen molar-refractivity contribution in [3.63, 3.8) is 0 Å². The van der Waals surface area contributed by atoms with Gasteiger partial charge in [-0.25, -0.2) is 9.07 Å². The molecule has 3 aromatic rings. The molecule has 1 atom stereocenters. The van der Waals surface area contributed by atoms with E-state index >= 15 is 0 Å². The monoisotopic (exact) mass is 477 g/mol. The minimum Gasteiger partial charge on any atom is -0.439 e. The Balaban J connectivity index is 1.55. The number of amides is 1. The highest BCUT2D eigenvalue weighted by Crippen LogP contribution is 2.36. The molecule has 2 fully saturated rings. The predicted octanol–water partition coefficient (Wildman–Crippen LogP) is 5.59. The van der Waals surface area contributed by atoms with Crippen LogP contribution >= 0.6 is 0 Å². The second-order valence-corrected chi connectivity index (χ2v) is 9.52. The van der Waals surface area contributed by atoms with Gasteiger partial charge in [0.2, 0.25) is 11.8 Å². The zero-order valence-electron chi connectivity index (χ0n) is 20.4. The molecule has 35 heavy (non-hydrogen) atoms. The number of halogens is 1. The van der Waals surface area contributed by atoms with Crippen LogP contribution in [-0.4, -0.2) is 39.8 Å². The molecule has 0 spiro atoms. The van der Waals surface area contributed by atoms with Gasteiger partial charge in [0, 0.05) is 19.1 Å². The van der Waals surface area contributed by atoms with Crippen molar-refractivity contribution in [3.05, 3.63) is 71.2 Å². The highest BCUT2D eigenvalue weighted by atomic mass is 19.1. The lowest BCUT2D eigenvalue weighted by atomic mass is 10.1. The van der Waals surface area contributed by atoms with Crippen molar-refractivity contribution in [2.45, 2.75) is 58.6 Å². The Morgan fingerprint density at radius 2 is 2.00 bits per heavy atom. The van der Waals surface area contributed by atoms with E-state index in [4.69, 9.17) is 14.6 Å². The summed E-state index contributed by atoms with van der Waals surface area (Å²) in [6.07, 6.45) is 4.64. The standard InChI is InChI=1S/C28H32FN3O3/c1-3-26-25(18-31(27(33)20-9-10-20)17-24-8-5-15-34-24)28(35-23-7-4-6-19(2)16-23)32(30-26)22-13-11-21(29)12-14-22/h4,6-7,11-14,16,20,24H,3,5,8-10,15,17-18H2,1-2H3/t24-/m0/s1. The maximum atomic E-state index is 13.7. The Labute approximate surface area is 205 Å². The van der Waals surface area contributed by atoms with E-state index < -0.39 is 0 Å². The van der Waals surface area contributed by atoms with Gasteiger partial charge in [0.05, 0.1) is 29.6 Å². The van der Waals surface area contributed by atoms with Gasteiger partial charge in [-0.05, 0) is 81.0 Å². The lowest BCUT2D eigenvalue weighted by Crippen LogP contribution is -2.38. The molecule has 1 saturated carbocycles. The minimum atomic E-state index is -0.309. The van der Waals surface area contributed by atoms with Crippen LogP contribution in [0.2, 0.25) is 0 Å². The van der Waals surface area contributed by atoms with Crippen molar-refractivity contribution < 1.29 is 18.7 Å². The lowest BCUT2D eigenvalue weighted by molar-refractivity contribution is -0.134. The summed E-state index contributed by atoms with van der Waals surface area (Å²) in [5.74, 6) is 1.22. The molecule has 2 heterocycles. The molecule has 0 bridgehead atoms. The zero-order valence-corrected chi connectivity index (χ0v) is 20.4. The summed E-state index contributed by atoms with van der Waals surface area (Å²) >= 11 is 0. The Morgan fingerprint density at radius 1 is 1.20 bits per heavy atom. The third-order valence-corrected chi connectivity index (χ3v) is 6.66. The molecule has 0 radical (unpaired) electrons. The van der Waals surface area contributed by atoms with E-state index in [9.17, 15) is 9.18 Å². The second-order valence-electron chi connectivity index (χ2n) is 9.52. The first-order valence-corrected chi connectivity index (χ1v) is 12.5. The van der Waals surface area contributed by atoms with E-state index in [0.29, 0.717) is 36.8 Å². The van der Waals surface area contributed by atoms with Crippen molar-refractivity contribution in [2.24, 2.45) is 5.92 Å². The average Bonchev–Trinajstić information content (AvgIpc) is 3.48. The topological polar surface area (TPSA) is 56.6 Å². The van der Waals surface area contributed by atoms with E-state index in [1.54, 1.807) is 16.8 Å².